The Morgan fingerprint density at radius 2 is 1.44 bits per heavy atom. The van der Waals surface area contributed by atoms with Crippen molar-refractivity contribution in [2.45, 2.75) is 19.8 Å². The molecule has 0 fully saturated rings. The Balaban J connectivity index is 1.76. The van der Waals surface area contributed by atoms with Gasteiger partial charge in [-0.3, -0.25) is 0 Å². The normalized spacial score (nSPS) is 11.7. The lowest BCUT2D eigenvalue weighted by Gasteiger charge is -2.09. The van der Waals surface area contributed by atoms with Crippen LogP contribution in [-0.2, 0) is 6.42 Å². The van der Waals surface area contributed by atoms with E-state index >= 15 is 8.78 Å². The van der Waals surface area contributed by atoms with Gasteiger partial charge in [-0.05, 0) is 41.6 Å². The Morgan fingerprint density at radius 1 is 0.719 bits per heavy atom. The lowest BCUT2D eigenvalue weighted by atomic mass is 9.99. The molecule has 1 nitrogen and oxygen atoms in total. The van der Waals surface area contributed by atoms with Crippen molar-refractivity contribution in [3.8, 4) is 16.9 Å². The van der Waals surface area contributed by atoms with Crippen LogP contribution in [0.3, 0.4) is 0 Å². The number of thiophene rings is 1. The third-order valence-corrected chi connectivity index (χ3v) is 6.99. The van der Waals surface area contributed by atoms with E-state index in [9.17, 15) is 8.78 Å². The molecule has 1 heterocycles. The average molecular weight is 454 g/mol. The molecule has 162 valence electrons. The second kappa shape index (κ2) is 7.78. The molecule has 0 aliphatic rings. The van der Waals surface area contributed by atoms with Crippen molar-refractivity contribution in [1.82, 2.24) is 0 Å². The summed E-state index contributed by atoms with van der Waals surface area (Å²) in [6.07, 6.45) is 1.80. The summed E-state index contributed by atoms with van der Waals surface area (Å²) in [4.78, 5) is 0. The summed E-state index contributed by atoms with van der Waals surface area (Å²) >= 11 is 0.985. The first-order valence-electron chi connectivity index (χ1n) is 10.2. The molecular formula is C26H18F4OS. The predicted molar refractivity (Wildman–Crippen MR) is 123 cm³/mol. The zero-order valence-electron chi connectivity index (χ0n) is 17.4. The maximum Gasteiger partial charge on any atom is 0.201 e. The number of rotatable bonds is 4. The molecule has 0 aliphatic heterocycles. The Bertz CT molecular complexity index is 1520. The molecule has 1 aromatic heterocycles. The first kappa shape index (κ1) is 20.8. The minimum Gasteiger partial charge on any atom is -0.494 e. The van der Waals surface area contributed by atoms with Gasteiger partial charge >= 0.3 is 0 Å². The molecule has 0 atom stereocenters. The highest BCUT2D eigenvalue weighted by molar-refractivity contribution is 7.26. The first-order chi connectivity index (χ1) is 15.4. The summed E-state index contributed by atoms with van der Waals surface area (Å²) in [5.74, 6) is -3.72. The van der Waals surface area contributed by atoms with Crippen molar-refractivity contribution in [3.05, 3.63) is 77.4 Å². The summed E-state index contributed by atoms with van der Waals surface area (Å²) in [6, 6.07) is 13.1. The molecule has 0 bridgehead atoms. The van der Waals surface area contributed by atoms with Gasteiger partial charge in [-0.15, -0.1) is 11.3 Å². The number of aryl methyl sites for hydroxylation is 1. The Hall–Kier alpha value is -3.12. The minimum absolute atomic E-state index is 0.0849. The second-order valence-electron chi connectivity index (χ2n) is 7.72. The van der Waals surface area contributed by atoms with Crippen LogP contribution in [0, 0.1) is 23.3 Å². The highest BCUT2D eigenvalue weighted by Gasteiger charge is 2.22. The summed E-state index contributed by atoms with van der Waals surface area (Å²) in [7, 11) is 1.23. The molecular weight excluding hydrogens is 436 g/mol. The standard InChI is InChI=1S/C26H18F4OS/c1-3-4-13-5-6-14-12-19-17-8-7-16(15-9-10-20(31-2)24(30)21(15)27)22(28)25(17)32-26(19)23(29)18(14)11-13/h5-12H,3-4H2,1-2H3. The number of hydrogen-bond acceptors (Lipinski definition) is 2. The smallest absolute Gasteiger partial charge is 0.201 e. The summed E-state index contributed by atoms with van der Waals surface area (Å²) in [5.41, 5.74) is 0.748. The molecule has 0 saturated carbocycles. The van der Waals surface area contributed by atoms with E-state index < -0.39 is 17.5 Å². The monoisotopic (exact) mass is 454 g/mol. The zero-order chi connectivity index (χ0) is 22.6. The number of hydrogen-bond donors (Lipinski definition) is 0. The molecule has 32 heavy (non-hydrogen) atoms. The fourth-order valence-corrected chi connectivity index (χ4v) is 5.37. The molecule has 0 N–H and O–H groups in total. The molecule has 5 rings (SSSR count). The van der Waals surface area contributed by atoms with E-state index in [-0.39, 0.29) is 27.4 Å². The van der Waals surface area contributed by atoms with Crippen LogP contribution >= 0.6 is 11.3 Å². The van der Waals surface area contributed by atoms with E-state index in [1.54, 1.807) is 6.07 Å². The van der Waals surface area contributed by atoms with Crippen molar-refractivity contribution in [3.63, 3.8) is 0 Å². The quantitative estimate of drug-likeness (QED) is 0.248. The van der Waals surface area contributed by atoms with Crippen LogP contribution in [0.25, 0.3) is 42.1 Å². The van der Waals surface area contributed by atoms with Crippen LogP contribution in [0.5, 0.6) is 5.75 Å². The van der Waals surface area contributed by atoms with Gasteiger partial charge in [0, 0.05) is 27.3 Å². The van der Waals surface area contributed by atoms with E-state index in [4.69, 9.17) is 4.74 Å². The van der Waals surface area contributed by atoms with Crippen LogP contribution in [0.1, 0.15) is 18.9 Å². The second-order valence-corrected chi connectivity index (χ2v) is 8.74. The number of fused-ring (bicyclic) bond motifs is 4. The van der Waals surface area contributed by atoms with Gasteiger partial charge in [0.2, 0.25) is 5.82 Å². The predicted octanol–water partition coefficient (Wildman–Crippen LogP) is 8.39. The molecule has 0 unspecified atom stereocenters. The molecule has 0 radical (unpaired) electrons. The van der Waals surface area contributed by atoms with Gasteiger partial charge < -0.3 is 4.74 Å². The van der Waals surface area contributed by atoms with E-state index in [0.717, 1.165) is 35.1 Å². The third-order valence-electron chi connectivity index (χ3n) is 5.79. The zero-order valence-corrected chi connectivity index (χ0v) is 18.2. The van der Waals surface area contributed by atoms with Gasteiger partial charge in [0.25, 0.3) is 0 Å². The SMILES string of the molecule is CCCc1ccc2cc3c(sc4c(F)c(-c5ccc(OC)c(F)c5F)ccc43)c(F)c2c1. The van der Waals surface area contributed by atoms with E-state index in [1.165, 1.54) is 25.3 Å². The fourth-order valence-electron chi connectivity index (χ4n) is 4.20. The molecule has 5 aromatic rings. The van der Waals surface area contributed by atoms with Crippen molar-refractivity contribution < 1.29 is 22.3 Å². The van der Waals surface area contributed by atoms with Crippen LogP contribution < -0.4 is 4.74 Å². The van der Waals surface area contributed by atoms with Crippen molar-refractivity contribution in [2.24, 2.45) is 0 Å². The van der Waals surface area contributed by atoms with Crippen molar-refractivity contribution in [1.29, 1.82) is 0 Å². The topological polar surface area (TPSA) is 9.23 Å². The first-order valence-corrected chi connectivity index (χ1v) is 11.0. The number of methoxy groups -OCH3 is 1. The Morgan fingerprint density at radius 3 is 2.19 bits per heavy atom. The van der Waals surface area contributed by atoms with Gasteiger partial charge in [0.15, 0.2) is 11.6 Å². The highest BCUT2D eigenvalue weighted by atomic mass is 32.1. The Kier molecular flexibility index (Phi) is 5.05. The summed E-state index contributed by atoms with van der Waals surface area (Å²) in [5, 5.41) is 2.38. The van der Waals surface area contributed by atoms with E-state index in [0.29, 0.717) is 20.9 Å². The van der Waals surface area contributed by atoms with Gasteiger partial charge in [0.1, 0.15) is 11.6 Å². The molecule has 0 spiro atoms. The van der Waals surface area contributed by atoms with Crippen LogP contribution in [0.15, 0.2) is 48.5 Å². The number of benzene rings is 4. The van der Waals surface area contributed by atoms with Crippen molar-refractivity contribution in [2.75, 3.05) is 7.11 Å². The average Bonchev–Trinajstić information content (AvgIpc) is 3.17. The summed E-state index contributed by atoms with van der Waals surface area (Å²) in [6.45, 7) is 2.06. The van der Waals surface area contributed by atoms with Crippen LogP contribution in [-0.4, -0.2) is 7.11 Å². The molecule has 6 heteroatoms. The fraction of sp³-hybridized carbons (Fsp3) is 0.154. The van der Waals surface area contributed by atoms with Gasteiger partial charge in [-0.25, -0.2) is 13.2 Å². The highest BCUT2D eigenvalue weighted by Crippen LogP contribution is 2.43. The number of halogens is 4. The maximum atomic E-state index is 15.5. The van der Waals surface area contributed by atoms with Gasteiger partial charge in [0.05, 0.1) is 16.5 Å². The lowest BCUT2D eigenvalue weighted by Crippen LogP contribution is -1.96. The Labute approximate surface area is 185 Å². The third kappa shape index (κ3) is 3.05. The lowest BCUT2D eigenvalue weighted by molar-refractivity contribution is 0.372. The van der Waals surface area contributed by atoms with Gasteiger partial charge in [-0.2, -0.15) is 4.39 Å². The molecule has 0 saturated heterocycles. The van der Waals surface area contributed by atoms with Crippen molar-refractivity contribution >= 4 is 42.3 Å². The molecule has 4 aromatic carbocycles. The molecule has 0 amide bonds. The maximum absolute atomic E-state index is 15.5. The van der Waals surface area contributed by atoms with E-state index in [2.05, 4.69) is 6.92 Å². The van der Waals surface area contributed by atoms with Gasteiger partial charge in [-0.1, -0.05) is 37.6 Å². The van der Waals surface area contributed by atoms with Crippen LogP contribution in [0.2, 0.25) is 0 Å². The molecule has 0 aliphatic carbocycles. The largest absolute Gasteiger partial charge is 0.494 e. The van der Waals surface area contributed by atoms with E-state index in [1.807, 2.05) is 24.3 Å². The number of ether oxygens (including phenoxy) is 1. The van der Waals surface area contributed by atoms with Crippen LogP contribution in [0.4, 0.5) is 17.6 Å². The summed E-state index contributed by atoms with van der Waals surface area (Å²) < 4.78 is 65.1. The minimum atomic E-state index is -1.19.